The highest BCUT2D eigenvalue weighted by molar-refractivity contribution is 6.30. The fourth-order valence-electron chi connectivity index (χ4n) is 5.48. The summed E-state index contributed by atoms with van der Waals surface area (Å²) in [6.07, 6.45) is 2.16. The molecule has 6 unspecified atom stereocenters. The highest BCUT2D eigenvalue weighted by Crippen LogP contribution is 2.54. The fourth-order valence-corrected chi connectivity index (χ4v) is 5.61. The summed E-state index contributed by atoms with van der Waals surface area (Å²) in [7, 11) is 0. The first kappa shape index (κ1) is 17.4. The Bertz CT molecular complexity index is 891. The van der Waals surface area contributed by atoms with Gasteiger partial charge in [-0.1, -0.05) is 48.9 Å². The summed E-state index contributed by atoms with van der Waals surface area (Å²) in [5.74, 6) is -0.436. The number of aliphatic hydroxyl groups is 1. The second-order valence-electron chi connectivity index (χ2n) is 8.04. The van der Waals surface area contributed by atoms with Gasteiger partial charge >= 0.3 is 0 Å². The number of benzene rings is 2. The van der Waals surface area contributed by atoms with Crippen molar-refractivity contribution in [3.8, 4) is 11.1 Å². The number of aryl methyl sites for hydroxylation is 1. The van der Waals surface area contributed by atoms with Crippen molar-refractivity contribution in [1.29, 1.82) is 0 Å². The van der Waals surface area contributed by atoms with E-state index in [1.807, 2.05) is 24.3 Å². The Hall–Kier alpha value is -1.68. The molecule has 3 aliphatic rings. The van der Waals surface area contributed by atoms with E-state index in [-0.39, 0.29) is 29.8 Å². The van der Waals surface area contributed by atoms with Crippen LogP contribution in [0.15, 0.2) is 42.5 Å². The maximum atomic E-state index is 13.3. The zero-order valence-corrected chi connectivity index (χ0v) is 16.0. The summed E-state index contributed by atoms with van der Waals surface area (Å²) in [6.45, 7) is 2.10. The molecule has 4 heteroatoms. The maximum Gasteiger partial charge on any atom is 0.149 e. The van der Waals surface area contributed by atoms with Crippen LogP contribution in [0.3, 0.4) is 0 Å². The van der Waals surface area contributed by atoms with Crippen LogP contribution in [0.5, 0.6) is 0 Å². The highest BCUT2D eigenvalue weighted by atomic mass is 35.5. The van der Waals surface area contributed by atoms with Crippen molar-refractivity contribution >= 4 is 17.4 Å². The Morgan fingerprint density at radius 3 is 2.48 bits per heavy atom. The molecule has 0 aromatic heterocycles. The average molecular weight is 383 g/mol. The molecular formula is C23H23ClO3. The van der Waals surface area contributed by atoms with Crippen molar-refractivity contribution < 1.29 is 14.6 Å². The van der Waals surface area contributed by atoms with Crippen LogP contribution >= 0.6 is 11.6 Å². The Labute approximate surface area is 164 Å². The molecule has 140 valence electrons. The number of ether oxygens (including phenoxy) is 1. The van der Waals surface area contributed by atoms with Gasteiger partial charge in [0.05, 0.1) is 30.1 Å². The minimum absolute atomic E-state index is 0.0108. The van der Waals surface area contributed by atoms with Crippen molar-refractivity contribution in [1.82, 2.24) is 0 Å². The predicted octanol–water partition coefficient (Wildman–Crippen LogP) is 4.39. The molecule has 2 bridgehead atoms. The smallest absolute Gasteiger partial charge is 0.149 e. The molecule has 2 saturated heterocycles. The number of aliphatic hydroxyl groups excluding tert-OH is 1. The van der Waals surface area contributed by atoms with Crippen LogP contribution in [0.2, 0.25) is 5.02 Å². The zero-order valence-electron chi connectivity index (χ0n) is 15.3. The number of fused-ring (bicyclic) bond motifs is 5. The lowest BCUT2D eigenvalue weighted by molar-refractivity contribution is -0.124. The fraction of sp³-hybridized carbons (Fsp3) is 0.435. The third-order valence-electron chi connectivity index (χ3n) is 6.74. The molecule has 2 aromatic carbocycles. The molecule has 1 N–H and O–H groups in total. The van der Waals surface area contributed by atoms with Gasteiger partial charge in [0.25, 0.3) is 0 Å². The minimum atomic E-state index is -0.649. The molecule has 1 aliphatic carbocycles. The topological polar surface area (TPSA) is 46.5 Å². The Kier molecular flexibility index (Phi) is 4.15. The van der Waals surface area contributed by atoms with E-state index >= 15 is 0 Å². The first-order valence-electron chi connectivity index (χ1n) is 9.84. The number of ketones is 1. The van der Waals surface area contributed by atoms with Crippen molar-refractivity contribution in [2.75, 3.05) is 0 Å². The number of carbonyl (C=O) groups excluding carboxylic acids is 1. The van der Waals surface area contributed by atoms with Gasteiger partial charge in [-0.25, -0.2) is 0 Å². The van der Waals surface area contributed by atoms with Gasteiger partial charge in [-0.15, -0.1) is 0 Å². The Morgan fingerprint density at radius 2 is 1.78 bits per heavy atom. The molecule has 0 radical (unpaired) electrons. The lowest BCUT2D eigenvalue weighted by Gasteiger charge is -2.24. The van der Waals surface area contributed by atoms with Gasteiger partial charge in [0.15, 0.2) is 0 Å². The summed E-state index contributed by atoms with van der Waals surface area (Å²) < 4.78 is 5.93. The second kappa shape index (κ2) is 6.44. The number of hydrogen-bond donors (Lipinski definition) is 1. The third-order valence-corrected chi connectivity index (χ3v) is 6.99. The van der Waals surface area contributed by atoms with E-state index in [4.69, 9.17) is 16.3 Å². The highest BCUT2D eigenvalue weighted by Gasteiger charge is 2.62. The molecular weight excluding hydrogens is 360 g/mol. The molecule has 2 heterocycles. The Morgan fingerprint density at radius 1 is 1.07 bits per heavy atom. The SMILES string of the molecule is CCc1ccc(-c2ccc(Cl)cc2)cc1C1C(=O)C2C3CCC(O3)C2C1O. The van der Waals surface area contributed by atoms with Crippen molar-refractivity contribution in [3.63, 3.8) is 0 Å². The van der Waals surface area contributed by atoms with Crippen LogP contribution in [-0.4, -0.2) is 29.2 Å². The molecule has 0 spiro atoms. The molecule has 1 saturated carbocycles. The van der Waals surface area contributed by atoms with E-state index in [0.29, 0.717) is 5.02 Å². The van der Waals surface area contributed by atoms with Gasteiger partial charge in [0.2, 0.25) is 0 Å². The minimum Gasteiger partial charge on any atom is -0.392 e. The largest absolute Gasteiger partial charge is 0.392 e. The van der Waals surface area contributed by atoms with Crippen molar-refractivity contribution in [3.05, 3.63) is 58.6 Å². The molecule has 27 heavy (non-hydrogen) atoms. The van der Waals surface area contributed by atoms with Crippen molar-refractivity contribution in [2.24, 2.45) is 11.8 Å². The van der Waals surface area contributed by atoms with Gasteiger partial charge in [-0.05, 0) is 53.6 Å². The van der Waals surface area contributed by atoms with E-state index in [0.717, 1.165) is 41.5 Å². The van der Waals surface area contributed by atoms with E-state index in [1.54, 1.807) is 0 Å². The summed E-state index contributed by atoms with van der Waals surface area (Å²) in [6, 6.07) is 14.0. The lowest BCUT2D eigenvalue weighted by Crippen LogP contribution is -2.31. The standard InChI is InChI=1S/C23H23ClO3/c1-2-12-3-4-14(13-5-7-15(24)8-6-13)11-16(12)19-22(25)20-17-9-10-18(27-17)21(20)23(19)26/h3-8,11,17-22,25H,2,9-10H2,1H3. The zero-order chi connectivity index (χ0) is 18.7. The molecule has 3 nitrogen and oxygen atoms in total. The summed E-state index contributed by atoms with van der Waals surface area (Å²) in [5, 5.41) is 11.8. The van der Waals surface area contributed by atoms with Gasteiger partial charge < -0.3 is 9.84 Å². The van der Waals surface area contributed by atoms with Gasteiger partial charge in [-0.2, -0.15) is 0 Å². The van der Waals surface area contributed by atoms with E-state index in [9.17, 15) is 9.90 Å². The average Bonchev–Trinajstić information content (AvgIpc) is 3.36. The van der Waals surface area contributed by atoms with Gasteiger partial charge in [-0.3, -0.25) is 4.79 Å². The molecule has 6 atom stereocenters. The quantitative estimate of drug-likeness (QED) is 0.856. The first-order chi connectivity index (χ1) is 13.1. The van der Waals surface area contributed by atoms with E-state index < -0.39 is 12.0 Å². The van der Waals surface area contributed by atoms with Gasteiger partial charge in [0.1, 0.15) is 5.78 Å². The second-order valence-corrected chi connectivity index (χ2v) is 8.47. The number of rotatable bonds is 3. The normalized spacial score (nSPS) is 34.3. The summed E-state index contributed by atoms with van der Waals surface area (Å²) >= 11 is 6.02. The molecule has 5 rings (SSSR count). The van der Waals surface area contributed by atoms with Crippen LogP contribution in [0, 0.1) is 11.8 Å². The maximum absolute atomic E-state index is 13.3. The number of Topliss-reactive ketones (excluding diaryl/α,β-unsaturated/α-hetero) is 1. The van der Waals surface area contributed by atoms with Crippen LogP contribution in [0.25, 0.3) is 11.1 Å². The van der Waals surface area contributed by atoms with Crippen molar-refractivity contribution in [2.45, 2.75) is 50.4 Å². The summed E-state index contributed by atoms with van der Waals surface area (Å²) in [4.78, 5) is 13.3. The number of halogens is 1. The van der Waals surface area contributed by atoms with Crippen LogP contribution in [0.1, 0.15) is 36.8 Å². The third kappa shape index (κ3) is 2.60. The predicted molar refractivity (Wildman–Crippen MR) is 105 cm³/mol. The lowest BCUT2D eigenvalue weighted by atomic mass is 9.81. The monoisotopic (exact) mass is 382 g/mol. The van der Waals surface area contributed by atoms with Crippen LogP contribution in [-0.2, 0) is 16.0 Å². The van der Waals surface area contributed by atoms with E-state index in [2.05, 4.69) is 25.1 Å². The van der Waals surface area contributed by atoms with Crippen LogP contribution in [0.4, 0.5) is 0 Å². The molecule has 2 aromatic rings. The first-order valence-corrected chi connectivity index (χ1v) is 10.2. The van der Waals surface area contributed by atoms with E-state index in [1.165, 1.54) is 0 Å². The summed E-state index contributed by atoms with van der Waals surface area (Å²) in [5.41, 5.74) is 4.23. The molecule has 2 aliphatic heterocycles. The van der Waals surface area contributed by atoms with Gasteiger partial charge in [0, 0.05) is 10.9 Å². The van der Waals surface area contributed by atoms with Crippen LogP contribution < -0.4 is 0 Å². The number of carbonyl (C=O) groups is 1. The number of hydrogen-bond acceptors (Lipinski definition) is 3. The molecule has 0 amide bonds. The molecule has 3 fully saturated rings. The Balaban J connectivity index is 1.57.